The highest BCUT2D eigenvalue weighted by molar-refractivity contribution is 5.89. The molecule has 1 aromatic rings. The lowest BCUT2D eigenvalue weighted by Crippen LogP contribution is -2.05. The molecule has 0 aliphatic rings. The highest BCUT2D eigenvalue weighted by Gasteiger charge is 2.09. The Morgan fingerprint density at radius 1 is 1.79 bits per heavy atom. The summed E-state index contributed by atoms with van der Waals surface area (Å²) >= 11 is 0. The molecule has 0 saturated carbocycles. The molecule has 4 nitrogen and oxygen atoms in total. The van der Waals surface area contributed by atoms with Gasteiger partial charge in [-0.15, -0.1) is 0 Å². The summed E-state index contributed by atoms with van der Waals surface area (Å²) in [7, 11) is 0. The molecule has 0 aromatic carbocycles. The van der Waals surface area contributed by atoms with Crippen LogP contribution in [-0.2, 0) is 4.74 Å². The number of carbonyl (C=O) groups excluding carboxylic acids is 1. The van der Waals surface area contributed by atoms with Gasteiger partial charge in [0.15, 0.2) is 0 Å². The number of pyridine rings is 1. The van der Waals surface area contributed by atoms with Gasteiger partial charge in [0, 0.05) is 11.8 Å². The van der Waals surface area contributed by atoms with Gasteiger partial charge in [0.2, 0.25) is 5.88 Å². The monoisotopic (exact) mass is 193 g/mol. The molecule has 4 heteroatoms. The summed E-state index contributed by atoms with van der Waals surface area (Å²) in [6, 6.07) is 1.48. The number of rotatable bonds is 3. The molecule has 14 heavy (non-hydrogen) atoms. The first kappa shape index (κ1) is 10.2. The molecule has 0 bridgehead atoms. The Bertz CT molecular complexity index is 360. The van der Waals surface area contributed by atoms with Crippen LogP contribution in [0.3, 0.4) is 0 Å². The van der Waals surface area contributed by atoms with E-state index in [0.717, 1.165) is 0 Å². The first-order valence-corrected chi connectivity index (χ1v) is 4.17. The van der Waals surface area contributed by atoms with E-state index in [1.807, 2.05) is 0 Å². The van der Waals surface area contributed by atoms with Crippen molar-refractivity contribution in [2.75, 3.05) is 6.61 Å². The van der Waals surface area contributed by atoms with Crippen molar-refractivity contribution >= 4 is 12.0 Å². The second-order valence-electron chi connectivity index (χ2n) is 2.56. The number of nitrogens with zero attached hydrogens (tertiary/aromatic N) is 1. The average molecular weight is 193 g/mol. The van der Waals surface area contributed by atoms with Crippen LogP contribution >= 0.6 is 0 Å². The fourth-order valence-corrected chi connectivity index (χ4v) is 0.951. The Balaban J connectivity index is 3.00. The average Bonchev–Trinajstić information content (AvgIpc) is 2.19. The number of ether oxygens (including phenoxy) is 1. The summed E-state index contributed by atoms with van der Waals surface area (Å²) in [5, 5.41) is 9.21. The molecule has 0 saturated heterocycles. The first-order valence-electron chi connectivity index (χ1n) is 4.17. The van der Waals surface area contributed by atoms with Crippen LogP contribution in [-0.4, -0.2) is 22.7 Å². The number of carbonyl (C=O) groups is 1. The van der Waals surface area contributed by atoms with Crippen molar-refractivity contribution in [2.24, 2.45) is 0 Å². The van der Waals surface area contributed by atoms with Crippen LogP contribution in [0.5, 0.6) is 5.88 Å². The second kappa shape index (κ2) is 4.41. The van der Waals surface area contributed by atoms with Gasteiger partial charge in [0.1, 0.15) is 0 Å². The number of aromatic nitrogens is 1. The highest BCUT2D eigenvalue weighted by atomic mass is 16.5. The van der Waals surface area contributed by atoms with Crippen LogP contribution in [0.15, 0.2) is 18.8 Å². The van der Waals surface area contributed by atoms with Crippen LogP contribution < -0.4 is 0 Å². The van der Waals surface area contributed by atoms with E-state index in [0.29, 0.717) is 17.7 Å². The van der Waals surface area contributed by atoms with Gasteiger partial charge in [0.05, 0.1) is 12.2 Å². The number of aromatic hydroxyl groups is 1. The van der Waals surface area contributed by atoms with Crippen molar-refractivity contribution in [3.8, 4) is 5.88 Å². The molecular formula is C10H11NO3. The molecule has 0 radical (unpaired) electrons. The Morgan fingerprint density at radius 2 is 2.50 bits per heavy atom. The fraction of sp³-hybridized carbons (Fsp3) is 0.200. The number of hydrogen-bond donors (Lipinski definition) is 1. The van der Waals surface area contributed by atoms with Gasteiger partial charge >= 0.3 is 5.97 Å². The van der Waals surface area contributed by atoms with Crippen molar-refractivity contribution < 1.29 is 14.6 Å². The minimum Gasteiger partial charge on any atom is -0.493 e. The van der Waals surface area contributed by atoms with Crippen molar-refractivity contribution in [3.63, 3.8) is 0 Å². The maximum Gasteiger partial charge on any atom is 0.339 e. The topological polar surface area (TPSA) is 59.4 Å². The van der Waals surface area contributed by atoms with E-state index in [-0.39, 0.29) is 5.88 Å². The van der Waals surface area contributed by atoms with Crippen LogP contribution in [0.1, 0.15) is 22.8 Å². The van der Waals surface area contributed by atoms with Crippen molar-refractivity contribution in [1.29, 1.82) is 0 Å². The molecule has 0 aliphatic heterocycles. The molecule has 0 atom stereocenters. The van der Waals surface area contributed by atoms with E-state index in [1.165, 1.54) is 18.3 Å². The predicted molar refractivity (Wildman–Crippen MR) is 51.9 cm³/mol. The van der Waals surface area contributed by atoms with Gasteiger partial charge in [0.25, 0.3) is 0 Å². The molecule has 1 rings (SSSR count). The zero-order valence-electron chi connectivity index (χ0n) is 7.86. The standard InChI is InChI=1S/C10H11NO3/c1-3-7-5-8(6-11-9(7)12)10(13)14-4-2/h3,5-6H,1,4H2,2H3,(H,11,12). The maximum absolute atomic E-state index is 11.2. The fourth-order valence-electron chi connectivity index (χ4n) is 0.951. The predicted octanol–water partition coefficient (Wildman–Crippen LogP) is 1.61. The van der Waals surface area contributed by atoms with Gasteiger partial charge < -0.3 is 9.84 Å². The van der Waals surface area contributed by atoms with Gasteiger partial charge in [-0.25, -0.2) is 9.78 Å². The molecule has 1 N–H and O–H groups in total. The van der Waals surface area contributed by atoms with E-state index in [9.17, 15) is 9.90 Å². The molecule has 0 spiro atoms. The Morgan fingerprint density at radius 3 is 3.07 bits per heavy atom. The van der Waals surface area contributed by atoms with E-state index in [1.54, 1.807) is 6.92 Å². The maximum atomic E-state index is 11.2. The van der Waals surface area contributed by atoms with Crippen LogP contribution in [0.25, 0.3) is 6.08 Å². The largest absolute Gasteiger partial charge is 0.493 e. The third kappa shape index (κ3) is 2.10. The zero-order chi connectivity index (χ0) is 10.6. The molecule has 0 aliphatic carbocycles. The van der Waals surface area contributed by atoms with Gasteiger partial charge in [-0.2, -0.15) is 0 Å². The smallest absolute Gasteiger partial charge is 0.339 e. The summed E-state index contributed by atoms with van der Waals surface area (Å²) in [6.45, 7) is 5.52. The molecule has 1 aromatic heterocycles. The normalized spacial score (nSPS) is 9.50. The molecule has 74 valence electrons. The number of hydrogen-bond acceptors (Lipinski definition) is 4. The summed E-state index contributed by atoms with van der Waals surface area (Å²) in [6.07, 6.45) is 2.69. The zero-order valence-corrected chi connectivity index (χ0v) is 7.86. The Hall–Kier alpha value is -1.84. The summed E-state index contributed by atoms with van der Waals surface area (Å²) in [5.74, 6) is -0.601. The van der Waals surface area contributed by atoms with Gasteiger partial charge in [-0.05, 0) is 13.0 Å². The summed E-state index contributed by atoms with van der Waals surface area (Å²) < 4.78 is 4.77. The minimum atomic E-state index is -0.455. The molecule has 0 unspecified atom stereocenters. The number of esters is 1. The van der Waals surface area contributed by atoms with Crippen molar-refractivity contribution in [2.45, 2.75) is 6.92 Å². The molecule has 0 fully saturated rings. The van der Waals surface area contributed by atoms with E-state index in [4.69, 9.17) is 4.74 Å². The van der Waals surface area contributed by atoms with Crippen molar-refractivity contribution in [3.05, 3.63) is 30.0 Å². The lowest BCUT2D eigenvalue weighted by Gasteiger charge is -2.03. The van der Waals surface area contributed by atoms with E-state index in [2.05, 4.69) is 11.6 Å². The van der Waals surface area contributed by atoms with E-state index < -0.39 is 5.97 Å². The molecule has 0 amide bonds. The Kier molecular flexibility index (Phi) is 3.23. The quantitative estimate of drug-likeness (QED) is 0.741. The van der Waals surface area contributed by atoms with Crippen molar-refractivity contribution in [1.82, 2.24) is 4.98 Å². The second-order valence-corrected chi connectivity index (χ2v) is 2.56. The first-order chi connectivity index (χ1) is 6.69. The van der Waals surface area contributed by atoms with E-state index >= 15 is 0 Å². The summed E-state index contributed by atoms with van der Waals surface area (Å²) in [4.78, 5) is 14.9. The molecule has 1 heterocycles. The van der Waals surface area contributed by atoms with Gasteiger partial charge in [-0.3, -0.25) is 0 Å². The van der Waals surface area contributed by atoms with Gasteiger partial charge in [-0.1, -0.05) is 12.7 Å². The summed E-state index contributed by atoms with van der Waals surface area (Å²) in [5.41, 5.74) is 0.718. The van der Waals surface area contributed by atoms with Crippen LogP contribution in [0, 0.1) is 0 Å². The molecular weight excluding hydrogens is 182 g/mol. The third-order valence-corrected chi connectivity index (χ3v) is 1.63. The van der Waals surface area contributed by atoms with Crippen LogP contribution in [0.4, 0.5) is 0 Å². The SMILES string of the molecule is C=Cc1cc(C(=O)OCC)cnc1O. The minimum absolute atomic E-state index is 0.145. The lowest BCUT2D eigenvalue weighted by molar-refractivity contribution is 0.0526. The third-order valence-electron chi connectivity index (χ3n) is 1.63. The van der Waals surface area contributed by atoms with Crippen LogP contribution in [0.2, 0.25) is 0 Å². The Labute approximate surface area is 81.9 Å². The lowest BCUT2D eigenvalue weighted by atomic mass is 10.2. The highest BCUT2D eigenvalue weighted by Crippen LogP contribution is 2.16.